The third-order valence-electron chi connectivity index (χ3n) is 2.45. The molecule has 0 amide bonds. The van der Waals surface area contributed by atoms with Crippen molar-refractivity contribution < 1.29 is 0 Å². The Kier molecular flexibility index (Phi) is 2.04. The van der Waals surface area contributed by atoms with Crippen LogP contribution in [-0.2, 0) is 12.8 Å². The first kappa shape index (κ1) is 8.29. The summed E-state index contributed by atoms with van der Waals surface area (Å²) in [7, 11) is 0. The van der Waals surface area contributed by atoms with Crippen LogP contribution in [0.2, 0.25) is 0 Å². The molecule has 2 rings (SSSR count). The molecule has 0 unspecified atom stereocenters. The van der Waals surface area contributed by atoms with Crippen molar-refractivity contribution in [3.05, 3.63) is 32.1 Å². The summed E-state index contributed by atoms with van der Waals surface area (Å²) in [4.78, 5) is 27.3. The van der Waals surface area contributed by atoms with E-state index in [9.17, 15) is 9.59 Å². The average molecular weight is 180 g/mol. The van der Waals surface area contributed by atoms with E-state index in [1.54, 1.807) is 0 Å². The van der Waals surface area contributed by atoms with Gasteiger partial charge in [-0.1, -0.05) is 6.42 Å². The number of hydrogen-bond donors (Lipinski definition) is 2. The summed E-state index contributed by atoms with van der Waals surface area (Å²) < 4.78 is 0. The molecule has 1 aromatic heterocycles. The summed E-state index contributed by atoms with van der Waals surface area (Å²) in [6.45, 7) is 0. The number of nitrogens with one attached hydrogen (secondary N) is 2. The smallest absolute Gasteiger partial charge is 0.313 e. The molecule has 0 atom stereocenters. The third kappa shape index (κ3) is 1.56. The van der Waals surface area contributed by atoms with Gasteiger partial charge in [-0.3, -0.25) is 9.59 Å². The highest BCUT2D eigenvalue weighted by Gasteiger charge is 2.09. The van der Waals surface area contributed by atoms with E-state index in [2.05, 4.69) is 9.97 Å². The van der Waals surface area contributed by atoms with Crippen LogP contribution >= 0.6 is 0 Å². The molecule has 13 heavy (non-hydrogen) atoms. The van der Waals surface area contributed by atoms with Gasteiger partial charge in [-0.05, 0) is 25.7 Å². The lowest BCUT2D eigenvalue weighted by Gasteiger charge is -2.02. The van der Waals surface area contributed by atoms with Gasteiger partial charge in [0, 0.05) is 11.4 Å². The highest BCUT2D eigenvalue weighted by Crippen LogP contribution is 2.14. The molecule has 1 aliphatic rings. The normalized spacial score (nSPS) is 16.3. The Bertz CT molecular complexity index is 377. The molecule has 1 heterocycles. The zero-order chi connectivity index (χ0) is 9.26. The van der Waals surface area contributed by atoms with Crippen molar-refractivity contribution in [2.24, 2.45) is 0 Å². The molecule has 0 radical (unpaired) electrons. The van der Waals surface area contributed by atoms with Gasteiger partial charge in [0.1, 0.15) is 0 Å². The predicted molar refractivity (Wildman–Crippen MR) is 48.9 cm³/mol. The molecule has 0 saturated carbocycles. The fourth-order valence-corrected chi connectivity index (χ4v) is 1.75. The number of H-pyrrole nitrogens is 2. The van der Waals surface area contributed by atoms with Gasteiger partial charge < -0.3 is 9.97 Å². The Morgan fingerprint density at radius 2 is 1.23 bits per heavy atom. The summed E-state index contributed by atoms with van der Waals surface area (Å²) in [5.41, 5.74) is 0.783. The maximum atomic E-state index is 11.0. The first-order valence-corrected chi connectivity index (χ1v) is 4.62. The number of aromatic nitrogens is 2. The van der Waals surface area contributed by atoms with Crippen molar-refractivity contribution in [3.63, 3.8) is 0 Å². The molecule has 70 valence electrons. The second-order valence-corrected chi connectivity index (χ2v) is 3.43. The Hall–Kier alpha value is -1.32. The minimum atomic E-state index is -0.527. The first-order valence-electron chi connectivity index (χ1n) is 4.62. The van der Waals surface area contributed by atoms with Crippen molar-refractivity contribution in [2.45, 2.75) is 32.1 Å². The third-order valence-corrected chi connectivity index (χ3v) is 2.45. The molecule has 4 nitrogen and oxygen atoms in total. The summed E-state index contributed by atoms with van der Waals surface area (Å²) in [5.74, 6) is 0. The minimum Gasteiger partial charge on any atom is -0.320 e. The van der Waals surface area contributed by atoms with Gasteiger partial charge in [-0.25, -0.2) is 0 Å². The molecule has 2 N–H and O–H groups in total. The van der Waals surface area contributed by atoms with Crippen LogP contribution in [0.1, 0.15) is 30.7 Å². The van der Waals surface area contributed by atoms with E-state index < -0.39 is 11.1 Å². The fourth-order valence-electron chi connectivity index (χ4n) is 1.75. The van der Waals surface area contributed by atoms with Crippen LogP contribution in [0.5, 0.6) is 0 Å². The van der Waals surface area contributed by atoms with Crippen LogP contribution in [0.15, 0.2) is 9.59 Å². The van der Waals surface area contributed by atoms with Gasteiger partial charge in [0.25, 0.3) is 0 Å². The summed E-state index contributed by atoms with van der Waals surface area (Å²) in [5, 5.41) is 0. The van der Waals surface area contributed by atoms with Crippen molar-refractivity contribution in [1.82, 2.24) is 9.97 Å². The van der Waals surface area contributed by atoms with Crippen LogP contribution in [0.25, 0.3) is 0 Å². The second kappa shape index (κ2) is 3.20. The Balaban J connectivity index is 2.55. The lowest BCUT2D eigenvalue weighted by atomic mass is 10.2. The summed E-state index contributed by atoms with van der Waals surface area (Å²) in [6, 6.07) is 0. The number of hydrogen-bond acceptors (Lipinski definition) is 2. The maximum Gasteiger partial charge on any atom is 0.313 e. The molecular formula is C9H12N2O2. The lowest BCUT2D eigenvalue weighted by molar-refractivity contribution is 0.706. The van der Waals surface area contributed by atoms with E-state index in [0.717, 1.165) is 37.1 Å². The minimum absolute atomic E-state index is 0.527. The Morgan fingerprint density at radius 1 is 0.769 bits per heavy atom. The maximum absolute atomic E-state index is 11.0. The lowest BCUT2D eigenvalue weighted by Crippen LogP contribution is -2.32. The van der Waals surface area contributed by atoms with Crippen molar-refractivity contribution in [3.8, 4) is 0 Å². The molecule has 0 aliphatic heterocycles. The van der Waals surface area contributed by atoms with Crippen molar-refractivity contribution >= 4 is 0 Å². The highest BCUT2D eigenvalue weighted by atomic mass is 16.2. The van der Waals surface area contributed by atoms with Crippen molar-refractivity contribution in [1.29, 1.82) is 0 Å². The first-order chi connectivity index (χ1) is 6.27. The van der Waals surface area contributed by atoms with Gasteiger partial charge in [0.2, 0.25) is 0 Å². The van der Waals surface area contributed by atoms with E-state index in [-0.39, 0.29) is 0 Å². The molecular weight excluding hydrogens is 168 g/mol. The van der Waals surface area contributed by atoms with Gasteiger partial charge in [0.15, 0.2) is 0 Å². The average Bonchev–Trinajstić information content (AvgIpc) is 2.31. The topological polar surface area (TPSA) is 65.7 Å². The van der Waals surface area contributed by atoms with Gasteiger partial charge in [-0.2, -0.15) is 0 Å². The molecule has 4 heteroatoms. The van der Waals surface area contributed by atoms with Crippen molar-refractivity contribution in [2.75, 3.05) is 0 Å². The van der Waals surface area contributed by atoms with Gasteiger partial charge >= 0.3 is 11.1 Å². The molecule has 0 bridgehead atoms. The molecule has 0 fully saturated rings. The highest BCUT2D eigenvalue weighted by molar-refractivity contribution is 5.12. The zero-order valence-corrected chi connectivity index (χ0v) is 7.35. The number of fused-ring (bicyclic) bond motifs is 1. The monoisotopic (exact) mass is 180 g/mol. The quantitative estimate of drug-likeness (QED) is 0.446. The Labute approximate surface area is 75.0 Å². The predicted octanol–water partition coefficient (Wildman–Crippen LogP) is 0.332. The fraction of sp³-hybridized carbons (Fsp3) is 0.556. The van der Waals surface area contributed by atoms with E-state index in [4.69, 9.17) is 0 Å². The number of aromatic amines is 2. The molecule has 0 aromatic carbocycles. The number of rotatable bonds is 0. The summed E-state index contributed by atoms with van der Waals surface area (Å²) >= 11 is 0. The molecule has 0 saturated heterocycles. The molecule has 1 aliphatic carbocycles. The van der Waals surface area contributed by atoms with Crippen LogP contribution in [0.3, 0.4) is 0 Å². The SMILES string of the molecule is O=c1[nH]c2c([nH]c1=O)CCCCC2. The van der Waals surface area contributed by atoms with E-state index in [0.29, 0.717) is 0 Å². The van der Waals surface area contributed by atoms with Gasteiger partial charge in [-0.15, -0.1) is 0 Å². The summed E-state index contributed by atoms with van der Waals surface area (Å²) in [6.07, 6.45) is 5.10. The zero-order valence-electron chi connectivity index (χ0n) is 7.35. The van der Waals surface area contributed by atoms with Crippen LogP contribution in [-0.4, -0.2) is 9.97 Å². The standard InChI is InChI=1S/C9H12N2O2/c12-8-9(13)11-7-5-3-1-2-4-6(7)10-8/h1-5H2,(H,10,12)(H,11,13). The van der Waals surface area contributed by atoms with E-state index in [1.165, 1.54) is 6.42 Å². The van der Waals surface area contributed by atoms with E-state index >= 15 is 0 Å². The van der Waals surface area contributed by atoms with E-state index in [1.807, 2.05) is 0 Å². The largest absolute Gasteiger partial charge is 0.320 e. The van der Waals surface area contributed by atoms with Gasteiger partial charge in [0.05, 0.1) is 0 Å². The van der Waals surface area contributed by atoms with Crippen LogP contribution in [0.4, 0.5) is 0 Å². The molecule has 1 aromatic rings. The number of aryl methyl sites for hydroxylation is 2. The Morgan fingerprint density at radius 3 is 1.69 bits per heavy atom. The van der Waals surface area contributed by atoms with Crippen LogP contribution < -0.4 is 11.1 Å². The van der Waals surface area contributed by atoms with Crippen LogP contribution in [0, 0.1) is 0 Å². The molecule has 0 spiro atoms. The second-order valence-electron chi connectivity index (χ2n) is 3.43.